The second kappa shape index (κ2) is 12.0. The number of hydrogen-bond acceptors (Lipinski definition) is 7. The Kier molecular flexibility index (Phi) is 9.76. The van der Waals surface area contributed by atoms with Crippen LogP contribution < -0.4 is 24.8 Å². The second-order valence-electron chi connectivity index (χ2n) is 7.42. The smallest absolute Gasteiger partial charge is 0.232 e. The zero-order chi connectivity index (χ0) is 23.6. The molecule has 1 atom stereocenters. The Balaban J connectivity index is 1.75. The lowest BCUT2D eigenvalue weighted by Crippen LogP contribution is -2.24. The van der Waals surface area contributed by atoms with Crippen molar-refractivity contribution >= 4 is 31.4 Å². The van der Waals surface area contributed by atoms with E-state index >= 15 is 0 Å². The van der Waals surface area contributed by atoms with Gasteiger partial charge in [0.05, 0.1) is 12.0 Å². The van der Waals surface area contributed by atoms with Crippen molar-refractivity contribution in [3.63, 3.8) is 0 Å². The number of anilines is 2. The molecule has 0 aromatic heterocycles. The third kappa shape index (κ3) is 9.86. The summed E-state index contributed by atoms with van der Waals surface area (Å²) >= 11 is 0. The summed E-state index contributed by atoms with van der Waals surface area (Å²) in [5.74, 6) is 0.717. The minimum atomic E-state index is -3.35. The Morgan fingerprint density at radius 1 is 0.875 bits per heavy atom. The van der Waals surface area contributed by atoms with Gasteiger partial charge in [-0.2, -0.15) is 0 Å². The van der Waals surface area contributed by atoms with Crippen LogP contribution in [0.1, 0.15) is 24.9 Å². The summed E-state index contributed by atoms with van der Waals surface area (Å²) in [4.78, 5) is 0. The van der Waals surface area contributed by atoms with Crippen LogP contribution in [-0.2, 0) is 20.0 Å². The van der Waals surface area contributed by atoms with Crippen LogP contribution in [0.25, 0.3) is 0 Å². The maximum atomic E-state index is 12.1. The van der Waals surface area contributed by atoms with Crippen LogP contribution in [0.15, 0.2) is 48.5 Å². The Morgan fingerprint density at radius 3 is 2.06 bits per heavy atom. The highest BCUT2D eigenvalue weighted by molar-refractivity contribution is 7.92. The molecule has 9 nitrogen and oxygen atoms in total. The van der Waals surface area contributed by atoms with E-state index in [4.69, 9.17) is 4.74 Å². The summed E-state index contributed by atoms with van der Waals surface area (Å²) in [6, 6.07) is 14.0. The van der Waals surface area contributed by atoms with Crippen LogP contribution in [0.2, 0.25) is 0 Å². The van der Waals surface area contributed by atoms with Crippen molar-refractivity contribution in [3.05, 3.63) is 54.1 Å². The fraction of sp³-hybridized carbons (Fsp3) is 0.429. The Bertz CT molecular complexity index is 1040. The van der Waals surface area contributed by atoms with E-state index in [1.165, 1.54) is 0 Å². The fourth-order valence-corrected chi connectivity index (χ4v) is 4.59. The molecule has 0 spiro atoms. The molecule has 0 radical (unpaired) electrons. The Hall–Kier alpha value is -2.34. The lowest BCUT2D eigenvalue weighted by Gasteiger charge is -2.16. The normalized spacial score (nSPS) is 12.8. The molecule has 0 saturated carbocycles. The molecule has 32 heavy (non-hydrogen) atoms. The van der Waals surface area contributed by atoms with Crippen LogP contribution in [0.3, 0.4) is 0 Å². The third-order valence-electron chi connectivity index (χ3n) is 4.50. The monoisotopic (exact) mass is 484 g/mol. The van der Waals surface area contributed by atoms with Gasteiger partial charge in [-0.15, -0.1) is 0 Å². The number of hydrogen-bond donors (Lipinski definition) is 4. The zero-order valence-corrected chi connectivity index (χ0v) is 20.2. The average Bonchev–Trinajstić information content (AvgIpc) is 2.71. The van der Waals surface area contributed by atoms with Crippen molar-refractivity contribution in [1.82, 2.24) is 10.6 Å². The summed E-state index contributed by atoms with van der Waals surface area (Å²) in [7, 11) is -4.86. The number of rotatable bonds is 14. The van der Waals surface area contributed by atoms with Gasteiger partial charge in [0.15, 0.2) is 0 Å². The second-order valence-corrected chi connectivity index (χ2v) is 11.0. The molecule has 0 aliphatic rings. The molecule has 0 bridgehead atoms. The van der Waals surface area contributed by atoms with Gasteiger partial charge < -0.3 is 15.4 Å². The van der Waals surface area contributed by atoms with Gasteiger partial charge in [-0.3, -0.25) is 9.44 Å². The molecule has 0 aliphatic heterocycles. The van der Waals surface area contributed by atoms with Crippen LogP contribution in [0.4, 0.5) is 11.4 Å². The van der Waals surface area contributed by atoms with Gasteiger partial charge in [0.1, 0.15) is 12.4 Å². The average molecular weight is 485 g/mol. The van der Waals surface area contributed by atoms with Gasteiger partial charge in [-0.1, -0.05) is 12.1 Å². The lowest BCUT2D eigenvalue weighted by atomic mass is 10.1. The standard InChI is InChI=1S/C21H32N4O5S2/c1-17(18-5-7-20(8-6-18)25-32(28,29)16-4-13-22-2)23-14-15-30-21-11-9-19(10-12-21)24-31(3,26)27/h5-12,17,22-25H,4,13-16H2,1-3H3. The first-order valence-electron chi connectivity index (χ1n) is 10.3. The van der Waals surface area contributed by atoms with Crippen LogP contribution >= 0.6 is 0 Å². The van der Waals surface area contributed by atoms with E-state index in [2.05, 4.69) is 20.1 Å². The molecule has 0 aliphatic carbocycles. The van der Waals surface area contributed by atoms with Gasteiger partial charge in [0.2, 0.25) is 20.0 Å². The molecule has 0 fully saturated rings. The maximum absolute atomic E-state index is 12.1. The van der Waals surface area contributed by atoms with E-state index < -0.39 is 20.0 Å². The minimum absolute atomic E-state index is 0.0567. The predicted octanol–water partition coefficient (Wildman–Crippen LogP) is 2.14. The molecule has 4 N–H and O–H groups in total. The highest BCUT2D eigenvalue weighted by atomic mass is 32.2. The molecule has 11 heteroatoms. The molecule has 2 aromatic rings. The molecule has 178 valence electrons. The van der Waals surface area contributed by atoms with Crippen molar-refractivity contribution in [2.24, 2.45) is 0 Å². The molecule has 0 amide bonds. The molecule has 1 unspecified atom stereocenters. The first-order valence-corrected chi connectivity index (χ1v) is 13.8. The van der Waals surface area contributed by atoms with Gasteiger partial charge in [-0.05, 0) is 68.9 Å². The molecule has 2 aromatic carbocycles. The van der Waals surface area contributed by atoms with Gasteiger partial charge in [0, 0.05) is 24.0 Å². The van der Waals surface area contributed by atoms with E-state index in [0.29, 0.717) is 43.2 Å². The summed E-state index contributed by atoms with van der Waals surface area (Å²) in [5.41, 5.74) is 2.05. The van der Waals surface area contributed by atoms with Crippen molar-refractivity contribution in [1.29, 1.82) is 0 Å². The minimum Gasteiger partial charge on any atom is -0.492 e. The van der Waals surface area contributed by atoms with Crippen LogP contribution in [0.5, 0.6) is 5.75 Å². The zero-order valence-electron chi connectivity index (χ0n) is 18.6. The Morgan fingerprint density at radius 2 is 1.47 bits per heavy atom. The predicted molar refractivity (Wildman–Crippen MR) is 129 cm³/mol. The van der Waals surface area contributed by atoms with Crippen molar-refractivity contribution < 1.29 is 21.6 Å². The molecule has 2 rings (SSSR count). The third-order valence-corrected chi connectivity index (χ3v) is 6.48. The highest BCUT2D eigenvalue weighted by Crippen LogP contribution is 2.18. The van der Waals surface area contributed by atoms with E-state index in [0.717, 1.165) is 11.8 Å². The van der Waals surface area contributed by atoms with Gasteiger partial charge >= 0.3 is 0 Å². The van der Waals surface area contributed by atoms with Gasteiger partial charge in [0.25, 0.3) is 0 Å². The van der Waals surface area contributed by atoms with Crippen molar-refractivity contribution in [2.45, 2.75) is 19.4 Å². The van der Waals surface area contributed by atoms with E-state index in [1.807, 2.05) is 19.1 Å². The SMILES string of the molecule is CNCCCS(=O)(=O)Nc1ccc(C(C)NCCOc2ccc(NS(C)(=O)=O)cc2)cc1. The van der Waals surface area contributed by atoms with E-state index in [1.54, 1.807) is 43.4 Å². The summed E-state index contributed by atoms with van der Waals surface area (Å²) in [6.07, 6.45) is 1.65. The molecule has 0 saturated heterocycles. The van der Waals surface area contributed by atoms with E-state index in [9.17, 15) is 16.8 Å². The highest BCUT2D eigenvalue weighted by Gasteiger charge is 2.11. The number of nitrogens with one attached hydrogen (secondary N) is 4. The quantitative estimate of drug-likeness (QED) is 0.303. The number of sulfonamides is 2. The summed E-state index contributed by atoms with van der Waals surface area (Å²) in [6.45, 7) is 3.71. The van der Waals surface area contributed by atoms with Crippen LogP contribution in [-0.4, -0.2) is 55.6 Å². The maximum Gasteiger partial charge on any atom is 0.232 e. The molecular formula is C21H32N4O5S2. The van der Waals surface area contributed by atoms with Gasteiger partial charge in [-0.25, -0.2) is 16.8 Å². The fourth-order valence-electron chi connectivity index (χ4n) is 2.90. The first-order chi connectivity index (χ1) is 15.1. The number of ether oxygens (including phenoxy) is 1. The van der Waals surface area contributed by atoms with Crippen molar-refractivity contribution in [2.75, 3.05) is 48.2 Å². The van der Waals surface area contributed by atoms with Crippen molar-refractivity contribution in [3.8, 4) is 5.75 Å². The molecular weight excluding hydrogens is 452 g/mol. The van der Waals surface area contributed by atoms with E-state index in [-0.39, 0.29) is 11.8 Å². The number of benzene rings is 2. The lowest BCUT2D eigenvalue weighted by molar-refractivity contribution is 0.307. The first kappa shape index (κ1) is 25.9. The summed E-state index contributed by atoms with van der Waals surface area (Å²) < 4.78 is 57.3. The Labute approximate surface area is 191 Å². The topological polar surface area (TPSA) is 126 Å². The summed E-state index contributed by atoms with van der Waals surface area (Å²) in [5, 5.41) is 6.28. The molecule has 0 heterocycles. The largest absolute Gasteiger partial charge is 0.492 e. The van der Waals surface area contributed by atoms with Crippen LogP contribution in [0, 0.1) is 0 Å².